The first kappa shape index (κ1) is 21.3. The van der Waals surface area contributed by atoms with Crippen molar-refractivity contribution >= 4 is 51.8 Å². The van der Waals surface area contributed by atoms with Gasteiger partial charge in [-0.3, -0.25) is 4.79 Å². The highest BCUT2D eigenvalue weighted by Gasteiger charge is 2.18. The predicted molar refractivity (Wildman–Crippen MR) is 112 cm³/mol. The van der Waals surface area contributed by atoms with Crippen molar-refractivity contribution in [2.24, 2.45) is 12.0 Å². The molecule has 1 fully saturated rings. The summed E-state index contributed by atoms with van der Waals surface area (Å²) in [6.45, 7) is 5.49. The summed E-state index contributed by atoms with van der Waals surface area (Å²) in [7, 11) is 4.01. The molecule has 0 aromatic carbocycles. The second-order valence-corrected chi connectivity index (χ2v) is 6.79. The quantitative estimate of drug-likeness (QED) is 0.375. The maximum Gasteiger partial charge on any atom is 0.244 e. The third-order valence-electron chi connectivity index (χ3n) is 3.99. The maximum absolute atomic E-state index is 12.2. The highest BCUT2D eigenvalue weighted by atomic mass is 127. The number of likely N-dealkylation sites (tertiary alicyclic amines) is 1. The Balaban J connectivity index is 0.00000288. The first-order valence-electron chi connectivity index (χ1n) is 8.09. The van der Waals surface area contributed by atoms with Gasteiger partial charge in [0, 0.05) is 50.1 Å². The van der Waals surface area contributed by atoms with Crippen LogP contribution in [0.2, 0.25) is 0 Å². The van der Waals surface area contributed by atoms with Gasteiger partial charge in [0.2, 0.25) is 5.91 Å². The molecule has 0 saturated carbocycles. The van der Waals surface area contributed by atoms with Crippen molar-refractivity contribution in [2.75, 3.05) is 33.2 Å². The van der Waals surface area contributed by atoms with Gasteiger partial charge in [-0.05, 0) is 41.8 Å². The fraction of sp³-hybridized carbons (Fsp3) is 0.625. The Morgan fingerprint density at radius 2 is 2.08 bits per heavy atom. The Morgan fingerprint density at radius 3 is 2.62 bits per heavy atom. The molecule has 1 saturated heterocycles. The van der Waals surface area contributed by atoms with E-state index in [9.17, 15) is 4.79 Å². The SMILES string of the molecule is CCNC(=NCC(=O)N1CCCC1)N(C)Cc1cc(Br)cn1C.I. The standard InChI is InChI=1S/C16H26BrN5O.HI/c1-4-18-16(19-10-15(23)22-7-5-6-8-22)21(3)12-14-9-13(17)11-20(14)2;/h9,11H,4-8,10,12H2,1-3H3,(H,18,19);1H. The van der Waals surface area contributed by atoms with Crippen LogP contribution >= 0.6 is 39.9 Å². The Hall–Kier alpha value is -0.770. The minimum Gasteiger partial charge on any atom is -0.357 e. The molecule has 0 radical (unpaired) electrons. The van der Waals surface area contributed by atoms with Crippen LogP contribution in [-0.2, 0) is 18.4 Å². The van der Waals surface area contributed by atoms with E-state index in [1.165, 1.54) is 5.69 Å². The molecule has 1 aromatic rings. The van der Waals surface area contributed by atoms with E-state index in [1.807, 2.05) is 37.0 Å². The molecule has 0 atom stereocenters. The van der Waals surface area contributed by atoms with Gasteiger partial charge in [-0.1, -0.05) is 0 Å². The monoisotopic (exact) mass is 511 g/mol. The normalized spacial score (nSPS) is 14.5. The van der Waals surface area contributed by atoms with Crippen molar-refractivity contribution in [2.45, 2.75) is 26.3 Å². The third-order valence-corrected chi connectivity index (χ3v) is 4.43. The number of carbonyl (C=O) groups is 1. The van der Waals surface area contributed by atoms with E-state index in [1.54, 1.807) is 0 Å². The lowest BCUT2D eigenvalue weighted by Gasteiger charge is -2.22. The molecule has 2 rings (SSSR count). The van der Waals surface area contributed by atoms with E-state index >= 15 is 0 Å². The molecular weight excluding hydrogens is 485 g/mol. The minimum atomic E-state index is 0. The smallest absolute Gasteiger partial charge is 0.244 e. The zero-order valence-electron chi connectivity index (χ0n) is 14.6. The summed E-state index contributed by atoms with van der Waals surface area (Å²) >= 11 is 3.49. The Kier molecular flexibility index (Phi) is 9.11. The second-order valence-electron chi connectivity index (χ2n) is 5.87. The third kappa shape index (κ3) is 5.94. The summed E-state index contributed by atoms with van der Waals surface area (Å²) in [5.74, 6) is 0.880. The number of hydrogen-bond donors (Lipinski definition) is 1. The average molecular weight is 512 g/mol. The molecule has 0 unspecified atom stereocenters. The summed E-state index contributed by atoms with van der Waals surface area (Å²) in [4.78, 5) is 20.6. The van der Waals surface area contributed by atoms with Crippen molar-refractivity contribution in [3.63, 3.8) is 0 Å². The number of aryl methyl sites for hydroxylation is 1. The summed E-state index contributed by atoms with van der Waals surface area (Å²) in [6, 6.07) is 2.09. The number of aliphatic imine (C=N–C) groups is 1. The van der Waals surface area contributed by atoms with E-state index in [-0.39, 0.29) is 36.4 Å². The largest absolute Gasteiger partial charge is 0.357 e. The van der Waals surface area contributed by atoms with Gasteiger partial charge in [0.15, 0.2) is 5.96 Å². The lowest BCUT2D eigenvalue weighted by Crippen LogP contribution is -2.40. The van der Waals surface area contributed by atoms with Gasteiger partial charge in [-0.15, -0.1) is 24.0 Å². The Bertz CT molecular complexity index is 569. The predicted octanol–water partition coefficient (Wildman–Crippen LogP) is 2.43. The van der Waals surface area contributed by atoms with E-state index in [2.05, 4.69) is 36.9 Å². The number of nitrogens with zero attached hydrogens (tertiary/aromatic N) is 4. The molecule has 6 nitrogen and oxygen atoms in total. The van der Waals surface area contributed by atoms with E-state index in [4.69, 9.17) is 0 Å². The van der Waals surface area contributed by atoms with Crippen LogP contribution in [0.4, 0.5) is 0 Å². The number of hydrogen-bond acceptors (Lipinski definition) is 2. The van der Waals surface area contributed by atoms with Gasteiger partial charge < -0.3 is 19.7 Å². The van der Waals surface area contributed by atoms with Gasteiger partial charge >= 0.3 is 0 Å². The molecule has 1 amide bonds. The molecule has 1 aromatic heterocycles. The lowest BCUT2D eigenvalue weighted by atomic mass is 10.4. The van der Waals surface area contributed by atoms with Crippen LogP contribution in [-0.4, -0.2) is 59.5 Å². The van der Waals surface area contributed by atoms with Crippen molar-refractivity contribution in [3.05, 3.63) is 22.4 Å². The van der Waals surface area contributed by atoms with Gasteiger partial charge in [0.1, 0.15) is 6.54 Å². The fourth-order valence-electron chi connectivity index (χ4n) is 2.72. The number of halogens is 2. The van der Waals surface area contributed by atoms with Gasteiger partial charge in [-0.2, -0.15) is 0 Å². The van der Waals surface area contributed by atoms with Crippen LogP contribution < -0.4 is 5.32 Å². The number of aromatic nitrogens is 1. The van der Waals surface area contributed by atoms with Crippen molar-refractivity contribution < 1.29 is 4.79 Å². The fourth-order valence-corrected chi connectivity index (χ4v) is 3.29. The van der Waals surface area contributed by atoms with Gasteiger partial charge in [-0.25, -0.2) is 4.99 Å². The number of rotatable bonds is 5. The molecule has 136 valence electrons. The molecule has 1 aliphatic rings. The molecule has 0 spiro atoms. The van der Waals surface area contributed by atoms with Crippen LogP contribution in [0.1, 0.15) is 25.5 Å². The number of guanidine groups is 1. The van der Waals surface area contributed by atoms with Crippen LogP contribution in [0.15, 0.2) is 21.7 Å². The van der Waals surface area contributed by atoms with Gasteiger partial charge in [0.05, 0.1) is 6.54 Å². The van der Waals surface area contributed by atoms with E-state index in [0.717, 1.165) is 49.5 Å². The summed E-state index contributed by atoms with van der Waals surface area (Å²) in [6.07, 6.45) is 4.25. The highest BCUT2D eigenvalue weighted by Crippen LogP contribution is 2.15. The zero-order chi connectivity index (χ0) is 16.8. The first-order chi connectivity index (χ1) is 11.0. The van der Waals surface area contributed by atoms with Crippen molar-refractivity contribution in [1.82, 2.24) is 19.7 Å². The van der Waals surface area contributed by atoms with E-state index < -0.39 is 0 Å². The molecule has 2 heterocycles. The number of nitrogens with one attached hydrogen (secondary N) is 1. The molecule has 0 bridgehead atoms. The molecule has 1 N–H and O–H groups in total. The van der Waals surface area contributed by atoms with Crippen LogP contribution in [0.3, 0.4) is 0 Å². The zero-order valence-corrected chi connectivity index (χ0v) is 18.5. The Labute approximate surface area is 169 Å². The average Bonchev–Trinajstić information content (AvgIpc) is 3.13. The molecule has 0 aliphatic carbocycles. The minimum absolute atomic E-state index is 0. The maximum atomic E-state index is 12.2. The molecule has 1 aliphatic heterocycles. The van der Waals surface area contributed by atoms with Crippen LogP contribution in [0.25, 0.3) is 0 Å². The summed E-state index contributed by atoms with van der Waals surface area (Å²) in [5, 5.41) is 3.26. The van der Waals surface area contributed by atoms with Crippen molar-refractivity contribution in [1.29, 1.82) is 0 Å². The number of carbonyl (C=O) groups excluding carboxylic acids is 1. The molecule has 8 heteroatoms. The van der Waals surface area contributed by atoms with Crippen LogP contribution in [0.5, 0.6) is 0 Å². The first-order valence-corrected chi connectivity index (χ1v) is 8.88. The second kappa shape index (κ2) is 10.3. The summed E-state index contributed by atoms with van der Waals surface area (Å²) < 4.78 is 3.15. The molecule has 24 heavy (non-hydrogen) atoms. The topological polar surface area (TPSA) is 52.9 Å². The Morgan fingerprint density at radius 1 is 1.42 bits per heavy atom. The lowest BCUT2D eigenvalue weighted by molar-refractivity contribution is -0.128. The number of amides is 1. The summed E-state index contributed by atoms with van der Waals surface area (Å²) in [5.41, 5.74) is 1.18. The van der Waals surface area contributed by atoms with Crippen LogP contribution in [0, 0.1) is 0 Å². The highest BCUT2D eigenvalue weighted by molar-refractivity contribution is 14.0. The van der Waals surface area contributed by atoms with E-state index in [0.29, 0.717) is 0 Å². The van der Waals surface area contributed by atoms with Gasteiger partial charge in [0.25, 0.3) is 0 Å². The van der Waals surface area contributed by atoms with Crippen molar-refractivity contribution in [3.8, 4) is 0 Å². The molecular formula is C16H27BrIN5O.